The van der Waals surface area contributed by atoms with Crippen molar-refractivity contribution < 1.29 is 9.47 Å². The second-order valence-corrected chi connectivity index (χ2v) is 16.3. The Morgan fingerprint density at radius 3 is 1.73 bits per heavy atom. The number of nitrogens with zero attached hydrogens (tertiary/aromatic N) is 1. The van der Waals surface area contributed by atoms with Gasteiger partial charge in [-0.15, -0.1) is 0 Å². The van der Waals surface area contributed by atoms with Gasteiger partial charge in [0.25, 0.3) is 0 Å². The molecule has 3 heteroatoms. The zero-order chi connectivity index (χ0) is 37.8. The zero-order valence-corrected chi connectivity index (χ0v) is 31.9. The molecule has 268 valence electrons. The summed E-state index contributed by atoms with van der Waals surface area (Å²) in [7, 11) is 0. The molecule has 2 aliphatic carbocycles. The van der Waals surface area contributed by atoms with Gasteiger partial charge in [-0.1, -0.05) is 161 Å². The number of pyridine rings is 1. The molecule has 0 radical (unpaired) electrons. The van der Waals surface area contributed by atoms with Crippen molar-refractivity contribution in [2.45, 2.75) is 38.5 Å². The fourth-order valence-corrected chi connectivity index (χ4v) is 9.38. The van der Waals surface area contributed by atoms with Crippen LogP contribution in [-0.2, 0) is 10.8 Å². The number of aromatic nitrogens is 1. The highest BCUT2D eigenvalue weighted by Gasteiger charge is 2.40. The van der Waals surface area contributed by atoms with E-state index in [1.165, 1.54) is 38.9 Å². The maximum Gasteiger partial charge on any atom is 0.178 e. The number of para-hydroxylation sites is 1. The fourth-order valence-electron chi connectivity index (χ4n) is 9.38. The average molecular weight is 722 g/mol. The number of ether oxygens (including phenoxy) is 2. The van der Waals surface area contributed by atoms with E-state index in [2.05, 4.69) is 179 Å². The molecule has 0 N–H and O–H groups in total. The van der Waals surface area contributed by atoms with E-state index in [4.69, 9.17) is 14.5 Å². The molecular weight excluding hydrogens is 683 g/mol. The van der Waals surface area contributed by atoms with Crippen molar-refractivity contribution in [2.24, 2.45) is 0 Å². The fraction of sp³-hybridized carbons (Fsp3) is 0.113. The van der Waals surface area contributed by atoms with E-state index in [9.17, 15) is 0 Å². The first-order chi connectivity index (χ1) is 27.3. The maximum absolute atomic E-state index is 6.93. The topological polar surface area (TPSA) is 31.4 Å². The lowest BCUT2D eigenvalue weighted by Crippen LogP contribution is -2.15. The van der Waals surface area contributed by atoms with E-state index in [1.54, 1.807) is 0 Å². The highest BCUT2D eigenvalue weighted by Crippen LogP contribution is 2.59. The van der Waals surface area contributed by atoms with Gasteiger partial charge in [-0.25, -0.2) is 4.98 Å². The summed E-state index contributed by atoms with van der Waals surface area (Å²) in [5.41, 5.74) is 18.4. The Morgan fingerprint density at radius 1 is 0.357 bits per heavy atom. The van der Waals surface area contributed by atoms with Crippen LogP contribution >= 0.6 is 0 Å². The lowest BCUT2D eigenvalue weighted by Gasteiger charge is -2.26. The van der Waals surface area contributed by atoms with Crippen molar-refractivity contribution in [2.75, 3.05) is 0 Å². The second-order valence-electron chi connectivity index (χ2n) is 16.3. The van der Waals surface area contributed by atoms with Crippen LogP contribution in [0.2, 0.25) is 0 Å². The van der Waals surface area contributed by atoms with Crippen molar-refractivity contribution in [1.82, 2.24) is 4.98 Å². The number of benzene rings is 7. The van der Waals surface area contributed by atoms with Crippen LogP contribution in [0.1, 0.15) is 49.9 Å². The maximum atomic E-state index is 6.93. The summed E-state index contributed by atoms with van der Waals surface area (Å²) in [5, 5.41) is 0. The van der Waals surface area contributed by atoms with Crippen molar-refractivity contribution in [3.63, 3.8) is 0 Å². The minimum Gasteiger partial charge on any atom is -0.449 e. The normalized spacial score (nSPS) is 14.6. The Balaban J connectivity index is 0.980. The van der Waals surface area contributed by atoms with Gasteiger partial charge < -0.3 is 9.47 Å². The molecule has 2 heterocycles. The molecule has 11 rings (SSSR count). The molecule has 0 saturated carbocycles. The molecule has 56 heavy (non-hydrogen) atoms. The number of hydrogen-bond acceptors (Lipinski definition) is 3. The summed E-state index contributed by atoms with van der Waals surface area (Å²) in [6, 6.07) is 58.4. The summed E-state index contributed by atoms with van der Waals surface area (Å²) in [4.78, 5) is 5.27. The van der Waals surface area contributed by atoms with Crippen LogP contribution in [0.25, 0.3) is 67.0 Å². The second kappa shape index (κ2) is 11.9. The standard InChI is InChI=1S/C53H39NO2/c1-52(2)42-19-11-9-16-40(42)49-43(52)27-28-48-51(49)56-50-37(17-12-20-47(50)55-48)33-23-21-32(22-24-33)36-30-45(34-13-6-5-7-14-34)54-46(31-36)35-25-26-39-38-15-8-10-18-41(38)53(3,4)44(39)29-35/h5-31H,1-4H3. The highest BCUT2D eigenvalue weighted by molar-refractivity contribution is 5.90. The first-order valence-electron chi connectivity index (χ1n) is 19.4. The van der Waals surface area contributed by atoms with Crippen LogP contribution in [0, 0.1) is 0 Å². The van der Waals surface area contributed by atoms with Crippen LogP contribution < -0.4 is 9.47 Å². The predicted octanol–water partition coefficient (Wildman–Crippen LogP) is 14.3. The Bertz CT molecular complexity index is 2900. The third kappa shape index (κ3) is 4.80. The van der Waals surface area contributed by atoms with E-state index < -0.39 is 0 Å². The monoisotopic (exact) mass is 721 g/mol. The minimum atomic E-state index is -0.129. The van der Waals surface area contributed by atoms with Crippen molar-refractivity contribution >= 4 is 0 Å². The number of fused-ring (bicyclic) bond motifs is 9. The Labute approximate surface area is 327 Å². The Kier molecular flexibility index (Phi) is 6.94. The summed E-state index contributed by atoms with van der Waals surface area (Å²) >= 11 is 0. The first kappa shape index (κ1) is 32.7. The molecule has 3 aliphatic rings. The molecule has 1 aromatic heterocycles. The molecule has 0 bridgehead atoms. The van der Waals surface area contributed by atoms with Crippen molar-refractivity contribution in [3.8, 4) is 90.0 Å². The molecule has 0 amide bonds. The Morgan fingerprint density at radius 2 is 0.946 bits per heavy atom. The van der Waals surface area contributed by atoms with Gasteiger partial charge in [0.2, 0.25) is 0 Å². The minimum absolute atomic E-state index is 0.0910. The number of hydrogen-bond donors (Lipinski definition) is 0. The van der Waals surface area contributed by atoms with Crippen LogP contribution in [-0.4, -0.2) is 4.98 Å². The van der Waals surface area contributed by atoms with Gasteiger partial charge in [0.1, 0.15) is 0 Å². The molecule has 8 aromatic rings. The van der Waals surface area contributed by atoms with Gasteiger partial charge in [-0.05, 0) is 86.0 Å². The third-order valence-corrected chi connectivity index (χ3v) is 12.4. The molecule has 0 unspecified atom stereocenters. The molecule has 0 spiro atoms. The summed E-state index contributed by atoms with van der Waals surface area (Å²) in [5.74, 6) is 2.99. The van der Waals surface area contributed by atoms with Gasteiger partial charge in [0, 0.05) is 33.1 Å². The zero-order valence-electron chi connectivity index (χ0n) is 31.9. The smallest absolute Gasteiger partial charge is 0.178 e. The average Bonchev–Trinajstić information content (AvgIpc) is 3.62. The largest absolute Gasteiger partial charge is 0.449 e. The van der Waals surface area contributed by atoms with E-state index in [0.29, 0.717) is 0 Å². The molecule has 1 aliphatic heterocycles. The third-order valence-electron chi connectivity index (χ3n) is 12.4. The predicted molar refractivity (Wildman–Crippen MR) is 228 cm³/mol. The number of rotatable bonds is 4. The van der Waals surface area contributed by atoms with Crippen LogP contribution in [0.5, 0.6) is 23.0 Å². The molecule has 3 nitrogen and oxygen atoms in total. The lowest BCUT2D eigenvalue weighted by molar-refractivity contribution is 0.361. The van der Waals surface area contributed by atoms with E-state index in [0.717, 1.165) is 73.3 Å². The summed E-state index contributed by atoms with van der Waals surface area (Å²) in [6.45, 7) is 9.23. The van der Waals surface area contributed by atoms with E-state index >= 15 is 0 Å². The van der Waals surface area contributed by atoms with Gasteiger partial charge in [0.15, 0.2) is 23.0 Å². The van der Waals surface area contributed by atoms with E-state index in [1.807, 2.05) is 12.1 Å². The molecule has 7 aromatic carbocycles. The van der Waals surface area contributed by atoms with Gasteiger partial charge in [0.05, 0.1) is 11.4 Å². The van der Waals surface area contributed by atoms with Gasteiger partial charge in [-0.2, -0.15) is 0 Å². The molecule has 0 fully saturated rings. The van der Waals surface area contributed by atoms with Crippen molar-refractivity contribution in [3.05, 3.63) is 186 Å². The van der Waals surface area contributed by atoms with Gasteiger partial charge in [-0.3, -0.25) is 0 Å². The Hall–Kier alpha value is -6.71. The highest BCUT2D eigenvalue weighted by atomic mass is 16.6. The summed E-state index contributed by atoms with van der Waals surface area (Å²) < 4.78 is 13.5. The quantitative estimate of drug-likeness (QED) is 0.181. The van der Waals surface area contributed by atoms with E-state index in [-0.39, 0.29) is 10.8 Å². The van der Waals surface area contributed by atoms with Gasteiger partial charge >= 0.3 is 0 Å². The lowest BCUT2D eigenvalue weighted by atomic mass is 9.82. The van der Waals surface area contributed by atoms with Crippen LogP contribution in [0.3, 0.4) is 0 Å². The summed E-state index contributed by atoms with van der Waals surface area (Å²) in [6.07, 6.45) is 0. The van der Waals surface area contributed by atoms with Crippen LogP contribution in [0.4, 0.5) is 0 Å². The van der Waals surface area contributed by atoms with Crippen LogP contribution in [0.15, 0.2) is 164 Å². The van der Waals surface area contributed by atoms with Crippen molar-refractivity contribution in [1.29, 1.82) is 0 Å². The molecule has 0 saturated heterocycles. The molecule has 0 atom stereocenters. The molecular formula is C53H39NO2. The first-order valence-corrected chi connectivity index (χ1v) is 19.4. The SMILES string of the molecule is CC1(C)c2ccccc2-c2ccc(-c3cc(-c4ccc(-c5cccc6c5Oc5c(ccc7c5-c5ccccc5C7(C)C)O6)cc4)cc(-c4ccccc4)n3)cc21.